The Bertz CT molecular complexity index is 1480. The minimum atomic E-state index is -0.222. The van der Waals surface area contributed by atoms with Gasteiger partial charge in [-0.25, -0.2) is 4.98 Å². The first-order valence-electron chi connectivity index (χ1n) is 12.9. The number of aliphatic hydroxyl groups is 1. The van der Waals surface area contributed by atoms with Gasteiger partial charge >= 0.3 is 0 Å². The summed E-state index contributed by atoms with van der Waals surface area (Å²) in [5.74, 6) is 1.15. The van der Waals surface area contributed by atoms with Crippen molar-refractivity contribution < 1.29 is 14.6 Å². The van der Waals surface area contributed by atoms with Gasteiger partial charge in [0.25, 0.3) is 11.5 Å². The van der Waals surface area contributed by atoms with Crippen LogP contribution in [0, 0.1) is 6.92 Å². The van der Waals surface area contributed by atoms with Crippen molar-refractivity contribution in [3.05, 3.63) is 74.5 Å². The molecule has 2 saturated heterocycles. The van der Waals surface area contributed by atoms with E-state index >= 15 is 0 Å². The number of β-amino-alcohol motifs (C(OH)–C–C–N with tert-alkyl or cyclic N) is 1. The number of hydrogen-bond acceptors (Lipinski definition) is 9. The Morgan fingerprint density at radius 1 is 1.10 bits per heavy atom. The largest absolute Gasteiger partial charge is 0.497 e. The molecule has 1 aromatic carbocycles. The molecule has 2 aliphatic rings. The van der Waals surface area contributed by atoms with Gasteiger partial charge in [0.2, 0.25) is 0 Å². The molecule has 0 unspecified atom stereocenters. The highest BCUT2D eigenvalue weighted by Crippen LogP contribution is 2.34. The summed E-state index contributed by atoms with van der Waals surface area (Å²) in [6.45, 7) is 5.94. The van der Waals surface area contributed by atoms with Crippen molar-refractivity contribution >= 4 is 51.7 Å². The summed E-state index contributed by atoms with van der Waals surface area (Å²) in [7, 11) is 1.63. The average molecular weight is 566 g/mol. The molecule has 0 bridgehead atoms. The molecular formula is C28H31N5O4S2. The third-order valence-corrected chi connectivity index (χ3v) is 8.46. The molecule has 9 nitrogen and oxygen atoms in total. The van der Waals surface area contributed by atoms with Crippen molar-refractivity contribution in [1.29, 1.82) is 0 Å². The third-order valence-electron chi connectivity index (χ3n) is 7.08. The number of hydrogen-bond donors (Lipinski definition) is 1. The van der Waals surface area contributed by atoms with Crippen LogP contribution in [0.4, 0.5) is 5.82 Å². The molecule has 11 heteroatoms. The molecule has 0 atom stereocenters. The molecule has 5 rings (SSSR count). The minimum Gasteiger partial charge on any atom is -0.497 e. The monoisotopic (exact) mass is 565 g/mol. The molecule has 0 radical (unpaired) electrons. The van der Waals surface area contributed by atoms with Gasteiger partial charge in [0, 0.05) is 45.5 Å². The topological polar surface area (TPSA) is 90.6 Å². The Morgan fingerprint density at radius 2 is 1.85 bits per heavy atom. The zero-order valence-electron chi connectivity index (χ0n) is 22.0. The SMILES string of the molecule is COc1ccc(CCN2C(=O)/C(=C/c3c(N4CCN(CCO)CC4)nc4c(C)cccn4c3=O)SC2=S)cc1. The first-order valence-corrected chi connectivity index (χ1v) is 14.1. The third kappa shape index (κ3) is 5.72. The molecule has 3 aromatic rings. The second-order valence-electron chi connectivity index (χ2n) is 9.52. The average Bonchev–Trinajstić information content (AvgIpc) is 3.21. The normalized spacial score (nSPS) is 17.6. The zero-order valence-corrected chi connectivity index (χ0v) is 23.6. The Morgan fingerprint density at radius 3 is 2.54 bits per heavy atom. The van der Waals surface area contributed by atoms with Crippen LogP contribution in [0.3, 0.4) is 0 Å². The quantitative estimate of drug-likeness (QED) is 0.327. The number of aliphatic hydroxyl groups excluding tert-OH is 1. The number of amides is 1. The summed E-state index contributed by atoms with van der Waals surface area (Å²) in [5.41, 5.74) is 2.72. The summed E-state index contributed by atoms with van der Waals surface area (Å²) in [5, 5.41) is 9.31. The molecular weight excluding hydrogens is 534 g/mol. The Kier molecular flexibility index (Phi) is 8.31. The number of thioether (sulfide) groups is 1. The lowest BCUT2D eigenvalue weighted by molar-refractivity contribution is -0.122. The van der Waals surface area contributed by atoms with Crippen LogP contribution >= 0.6 is 24.0 Å². The van der Waals surface area contributed by atoms with E-state index in [0.29, 0.717) is 58.9 Å². The highest BCUT2D eigenvalue weighted by molar-refractivity contribution is 8.26. The predicted molar refractivity (Wildman–Crippen MR) is 159 cm³/mol. The summed E-state index contributed by atoms with van der Waals surface area (Å²) in [4.78, 5) is 38.4. The fourth-order valence-corrected chi connectivity index (χ4v) is 6.14. The van der Waals surface area contributed by atoms with E-state index in [-0.39, 0.29) is 18.1 Å². The van der Waals surface area contributed by atoms with Crippen molar-refractivity contribution in [3.8, 4) is 5.75 Å². The van der Waals surface area contributed by atoms with E-state index in [4.69, 9.17) is 21.9 Å². The molecule has 0 spiro atoms. The number of ether oxygens (including phenoxy) is 1. The number of anilines is 1. The molecule has 39 heavy (non-hydrogen) atoms. The lowest BCUT2D eigenvalue weighted by atomic mass is 10.1. The van der Waals surface area contributed by atoms with E-state index in [1.807, 2.05) is 43.3 Å². The zero-order chi connectivity index (χ0) is 27.5. The highest BCUT2D eigenvalue weighted by atomic mass is 32.2. The maximum Gasteiger partial charge on any atom is 0.267 e. The molecule has 1 amide bonds. The number of benzene rings is 1. The van der Waals surface area contributed by atoms with Crippen molar-refractivity contribution in [2.45, 2.75) is 13.3 Å². The molecule has 4 heterocycles. The van der Waals surface area contributed by atoms with Gasteiger partial charge < -0.3 is 14.7 Å². The van der Waals surface area contributed by atoms with E-state index in [1.165, 1.54) is 16.2 Å². The van der Waals surface area contributed by atoms with E-state index in [0.717, 1.165) is 30.0 Å². The van der Waals surface area contributed by atoms with Crippen LogP contribution in [-0.4, -0.2) is 87.5 Å². The van der Waals surface area contributed by atoms with Crippen molar-refractivity contribution in [2.24, 2.45) is 0 Å². The number of nitrogens with zero attached hydrogens (tertiary/aromatic N) is 5. The van der Waals surface area contributed by atoms with Crippen LogP contribution in [0.15, 0.2) is 52.3 Å². The number of carbonyl (C=O) groups excluding carboxylic acids is 1. The Labute approximate surface area is 236 Å². The van der Waals surface area contributed by atoms with Crippen molar-refractivity contribution in [3.63, 3.8) is 0 Å². The van der Waals surface area contributed by atoms with Crippen LogP contribution in [0.5, 0.6) is 5.75 Å². The highest BCUT2D eigenvalue weighted by Gasteiger charge is 2.33. The second kappa shape index (κ2) is 11.9. The van der Waals surface area contributed by atoms with Gasteiger partial charge in [-0.3, -0.25) is 23.8 Å². The van der Waals surface area contributed by atoms with Crippen LogP contribution in [0.1, 0.15) is 16.7 Å². The van der Waals surface area contributed by atoms with E-state index in [2.05, 4.69) is 9.80 Å². The maximum atomic E-state index is 13.8. The second-order valence-corrected chi connectivity index (χ2v) is 11.2. The number of aryl methyl sites for hydroxylation is 1. The number of rotatable bonds is 8. The van der Waals surface area contributed by atoms with Crippen molar-refractivity contribution in [2.75, 3.05) is 57.9 Å². The first-order chi connectivity index (χ1) is 18.9. The summed E-state index contributed by atoms with van der Waals surface area (Å²) >= 11 is 6.78. The Hall–Kier alpha value is -3.25. The summed E-state index contributed by atoms with van der Waals surface area (Å²) in [6.07, 6.45) is 4.01. The van der Waals surface area contributed by atoms with Gasteiger partial charge in [0.1, 0.15) is 21.5 Å². The number of piperazine rings is 1. The number of pyridine rings is 1. The Balaban J connectivity index is 1.45. The molecule has 204 valence electrons. The van der Waals surface area contributed by atoms with Gasteiger partial charge in [-0.15, -0.1) is 0 Å². The number of fused-ring (bicyclic) bond motifs is 1. The van der Waals surface area contributed by atoms with Crippen molar-refractivity contribution in [1.82, 2.24) is 19.2 Å². The maximum absolute atomic E-state index is 13.8. The van der Waals surface area contributed by atoms with E-state index in [1.54, 1.807) is 24.3 Å². The molecule has 0 saturated carbocycles. The van der Waals surface area contributed by atoms with Gasteiger partial charge in [-0.2, -0.15) is 0 Å². The molecule has 2 aromatic heterocycles. The summed E-state index contributed by atoms with van der Waals surface area (Å²) in [6, 6.07) is 11.5. The van der Waals surface area contributed by atoms with E-state index in [9.17, 15) is 14.7 Å². The lowest BCUT2D eigenvalue weighted by Gasteiger charge is -2.35. The number of methoxy groups -OCH3 is 1. The van der Waals surface area contributed by atoms with Crippen LogP contribution < -0.4 is 15.2 Å². The van der Waals surface area contributed by atoms with Gasteiger partial charge in [-0.1, -0.05) is 42.2 Å². The molecule has 1 N–H and O–H groups in total. The van der Waals surface area contributed by atoms with Crippen LogP contribution in [-0.2, 0) is 11.2 Å². The smallest absolute Gasteiger partial charge is 0.267 e. The first kappa shape index (κ1) is 27.3. The number of thiocarbonyl (C=S) groups is 1. The predicted octanol–water partition coefficient (Wildman–Crippen LogP) is 2.57. The lowest BCUT2D eigenvalue weighted by Crippen LogP contribution is -2.48. The number of aromatic nitrogens is 2. The minimum absolute atomic E-state index is 0.111. The number of carbonyl (C=O) groups is 1. The molecule has 0 aliphatic carbocycles. The summed E-state index contributed by atoms with van der Waals surface area (Å²) < 4.78 is 7.23. The van der Waals surface area contributed by atoms with Gasteiger partial charge in [0.15, 0.2) is 0 Å². The van der Waals surface area contributed by atoms with Gasteiger partial charge in [-0.05, 0) is 48.7 Å². The van der Waals surface area contributed by atoms with E-state index < -0.39 is 0 Å². The fourth-order valence-electron chi connectivity index (χ4n) is 4.85. The molecule has 2 fully saturated rings. The van der Waals surface area contributed by atoms with Gasteiger partial charge in [0.05, 0.1) is 24.2 Å². The molecule has 2 aliphatic heterocycles. The van der Waals surface area contributed by atoms with Crippen LogP contribution in [0.2, 0.25) is 0 Å². The fraction of sp³-hybridized carbons (Fsp3) is 0.357. The van der Waals surface area contributed by atoms with Crippen LogP contribution in [0.25, 0.3) is 11.7 Å². The standard InChI is InChI=1S/C28H31N5O4S2/c1-19-4-3-10-32-24(19)29-25(31-14-12-30(13-15-31)16-17-34)22(26(32)35)18-23-27(36)33(28(38)39-23)11-9-20-5-7-21(37-2)8-6-20/h3-8,10,18,34H,9,11-17H2,1-2H3/b23-18-.